The minimum absolute atomic E-state index is 0.0697. The number of hydrogen-bond acceptors (Lipinski definition) is 5. The Morgan fingerprint density at radius 3 is 2.43 bits per heavy atom. The van der Waals surface area contributed by atoms with Gasteiger partial charge in [0, 0.05) is 0 Å². The van der Waals surface area contributed by atoms with Gasteiger partial charge in [-0.05, 0) is 44.1 Å². The van der Waals surface area contributed by atoms with E-state index in [-0.39, 0.29) is 19.4 Å². The van der Waals surface area contributed by atoms with Crippen molar-refractivity contribution in [2.45, 2.75) is 82.3 Å². The van der Waals surface area contributed by atoms with Gasteiger partial charge < -0.3 is 19.9 Å². The van der Waals surface area contributed by atoms with Crippen molar-refractivity contribution in [1.29, 1.82) is 0 Å². The van der Waals surface area contributed by atoms with Gasteiger partial charge in [0.1, 0.15) is 18.4 Å². The Morgan fingerprint density at radius 2 is 1.77 bits per heavy atom. The van der Waals surface area contributed by atoms with Crippen LogP contribution >= 0.6 is 0 Å². The van der Waals surface area contributed by atoms with E-state index >= 15 is 0 Å². The highest BCUT2D eigenvalue weighted by molar-refractivity contribution is 5.69. The fraction of sp³-hybridized carbons (Fsp3) is 0.650. The van der Waals surface area contributed by atoms with Gasteiger partial charge in [-0.25, -0.2) is 4.79 Å². The molecule has 0 unspecified atom stereocenters. The summed E-state index contributed by atoms with van der Waals surface area (Å²) in [6.45, 7) is -6.17. The zero-order valence-corrected chi connectivity index (χ0v) is 16.4. The lowest BCUT2D eigenvalue weighted by Crippen LogP contribution is -2.67. The topological polar surface area (TPSA) is 74.0 Å². The third kappa shape index (κ3) is 5.22. The van der Waals surface area contributed by atoms with Crippen LogP contribution in [0.4, 0.5) is 22.4 Å². The molecular formula is C20H26F4N2O4. The fourth-order valence-corrected chi connectivity index (χ4v) is 4.46. The highest BCUT2D eigenvalue weighted by Crippen LogP contribution is 2.40. The van der Waals surface area contributed by atoms with Crippen molar-refractivity contribution >= 4 is 6.09 Å². The molecule has 30 heavy (non-hydrogen) atoms. The molecule has 1 amide bonds. The van der Waals surface area contributed by atoms with E-state index in [1.54, 1.807) is 24.3 Å². The average Bonchev–Trinajstić information content (AvgIpc) is 3.28. The summed E-state index contributed by atoms with van der Waals surface area (Å²) in [7, 11) is 0. The second-order valence-corrected chi connectivity index (χ2v) is 7.61. The summed E-state index contributed by atoms with van der Waals surface area (Å²) in [5.41, 5.74) is 5.57. The lowest BCUT2D eigenvalue weighted by atomic mass is 10.0. The van der Waals surface area contributed by atoms with Crippen LogP contribution in [0.15, 0.2) is 30.3 Å². The van der Waals surface area contributed by atoms with Crippen LogP contribution in [0.2, 0.25) is 0 Å². The number of carbonyl (C=O) groups excluding carboxylic acids is 1. The van der Waals surface area contributed by atoms with Crippen LogP contribution in [0.25, 0.3) is 0 Å². The van der Waals surface area contributed by atoms with Gasteiger partial charge in [0.25, 0.3) is 0 Å². The molecule has 10 heteroatoms. The van der Waals surface area contributed by atoms with E-state index in [2.05, 4.69) is 0 Å². The Bertz CT molecular complexity index is 697. The zero-order valence-electron chi connectivity index (χ0n) is 16.4. The molecule has 2 aliphatic rings. The number of carbonyl (C=O) groups is 1. The third-order valence-corrected chi connectivity index (χ3v) is 5.75. The molecule has 0 spiro atoms. The summed E-state index contributed by atoms with van der Waals surface area (Å²) in [4.78, 5) is 14.2. The van der Waals surface area contributed by atoms with E-state index in [1.165, 1.54) is 0 Å². The second kappa shape index (κ2) is 9.93. The van der Waals surface area contributed by atoms with Gasteiger partial charge in [0.2, 0.25) is 0 Å². The van der Waals surface area contributed by atoms with Crippen LogP contribution in [-0.4, -0.2) is 48.1 Å². The molecule has 2 fully saturated rings. The van der Waals surface area contributed by atoms with Gasteiger partial charge in [-0.15, -0.1) is 0 Å². The quantitative estimate of drug-likeness (QED) is 0.490. The largest absolute Gasteiger partial charge is 0.444 e. The molecule has 2 N–H and O–H groups in total. The molecule has 4 atom stereocenters. The van der Waals surface area contributed by atoms with Crippen LogP contribution in [-0.2, 0) is 20.8 Å². The minimum atomic E-state index is -3.07. The smallest absolute Gasteiger partial charge is 0.412 e. The molecule has 0 aromatic heterocycles. The van der Waals surface area contributed by atoms with Gasteiger partial charge in [-0.2, -0.15) is 17.6 Å². The SMILES string of the molecule is N[C@@]1(N(C(=O)OCc2ccccc2)[C@@H]2CCC[C@H]2OC(F)F)CCC[C@H]1OC(F)F. The predicted molar refractivity (Wildman–Crippen MR) is 98.6 cm³/mol. The Balaban J connectivity index is 1.85. The number of benzene rings is 1. The summed E-state index contributed by atoms with van der Waals surface area (Å²) >= 11 is 0. The number of nitrogens with zero attached hydrogens (tertiary/aromatic N) is 1. The van der Waals surface area contributed by atoms with Crippen molar-refractivity contribution in [3.8, 4) is 0 Å². The molecule has 2 saturated carbocycles. The Morgan fingerprint density at radius 1 is 1.07 bits per heavy atom. The van der Waals surface area contributed by atoms with Crippen molar-refractivity contribution in [1.82, 2.24) is 4.90 Å². The molecule has 0 heterocycles. The summed E-state index contributed by atoms with van der Waals surface area (Å²) in [6, 6.07) is 8.05. The number of rotatable bonds is 8. The monoisotopic (exact) mass is 434 g/mol. The molecule has 0 saturated heterocycles. The summed E-state index contributed by atoms with van der Waals surface area (Å²) in [5, 5.41) is 0. The minimum Gasteiger partial charge on any atom is -0.444 e. The third-order valence-electron chi connectivity index (χ3n) is 5.75. The molecule has 0 bridgehead atoms. The number of alkyl halides is 4. The van der Waals surface area contributed by atoms with Crippen LogP contribution in [0, 0.1) is 0 Å². The number of halogens is 4. The number of hydrogen-bond donors (Lipinski definition) is 1. The maximum atomic E-state index is 13.1. The normalized spacial score (nSPS) is 29.0. The van der Waals surface area contributed by atoms with Crippen molar-refractivity contribution < 1.29 is 36.6 Å². The zero-order chi connectivity index (χ0) is 21.7. The van der Waals surface area contributed by atoms with Crippen LogP contribution in [0.3, 0.4) is 0 Å². The van der Waals surface area contributed by atoms with Gasteiger partial charge in [-0.3, -0.25) is 4.90 Å². The standard InChI is InChI=1S/C20H26F4N2O4/c21-17(22)29-15-9-4-8-14(15)26(19(27)28-12-13-6-2-1-3-7-13)20(25)11-5-10-16(20)30-18(23)24/h1-3,6-7,14-18H,4-5,8-12,25H2/t14-,15-,16-,20-/m1/s1. The van der Waals surface area contributed by atoms with E-state index in [1.807, 2.05) is 6.07 Å². The van der Waals surface area contributed by atoms with E-state index in [4.69, 9.17) is 19.9 Å². The van der Waals surface area contributed by atoms with Gasteiger partial charge in [-0.1, -0.05) is 30.3 Å². The molecular weight excluding hydrogens is 408 g/mol. The first-order valence-corrected chi connectivity index (χ1v) is 9.97. The lowest BCUT2D eigenvalue weighted by Gasteiger charge is -2.45. The lowest BCUT2D eigenvalue weighted by molar-refractivity contribution is -0.204. The first kappa shape index (κ1) is 22.8. The Kier molecular flexibility index (Phi) is 7.54. The van der Waals surface area contributed by atoms with Crippen LogP contribution in [0.5, 0.6) is 0 Å². The number of amides is 1. The highest BCUT2D eigenvalue weighted by Gasteiger charge is 2.54. The number of nitrogens with two attached hydrogens (primary N) is 1. The second-order valence-electron chi connectivity index (χ2n) is 7.61. The average molecular weight is 434 g/mol. The number of ether oxygens (including phenoxy) is 3. The van der Waals surface area contributed by atoms with Gasteiger partial charge >= 0.3 is 19.3 Å². The van der Waals surface area contributed by atoms with Crippen molar-refractivity contribution in [2.24, 2.45) is 5.73 Å². The first-order valence-electron chi connectivity index (χ1n) is 9.97. The van der Waals surface area contributed by atoms with Crippen molar-refractivity contribution in [2.75, 3.05) is 0 Å². The van der Waals surface area contributed by atoms with E-state index in [0.717, 1.165) is 10.5 Å². The molecule has 6 nitrogen and oxygen atoms in total. The van der Waals surface area contributed by atoms with Gasteiger partial charge in [0.15, 0.2) is 0 Å². The summed E-state index contributed by atoms with van der Waals surface area (Å²) < 4.78 is 66.5. The van der Waals surface area contributed by atoms with E-state index in [9.17, 15) is 22.4 Å². The maximum Gasteiger partial charge on any atom is 0.412 e. The molecule has 0 radical (unpaired) electrons. The molecule has 168 valence electrons. The van der Waals surface area contributed by atoms with Crippen molar-refractivity contribution in [3.05, 3.63) is 35.9 Å². The Hall–Kier alpha value is -1.91. The van der Waals surface area contributed by atoms with E-state index < -0.39 is 43.2 Å². The molecule has 1 aromatic rings. The molecule has 2 aliphatic carbocycles. The predicted octanol–water partition coefficient (Wildman–Crippen LogP) is 4.23. The highest BCUT2D eigenvalue weighted by atomic mass is 19.3. The van der Waals surface area contributed by atoms with E-state index in [0.29, 0.717) is 25.7 Å². The summed E-state index contributed by atoms with van der Waals surface area (Å²) in [5.74, 6) is 0. The molecule has 0 aliphatic heterocycles. The summed E-state index contributed by atoms with van der Waals surface area (Å²) in [6.07, 6.45) is -0.951. The van der Waals surface area contributed by atoms with Crippen molar-refractivity contribution in [3.63, 3.8) is 0 Å². The molecule has 3 rings (SSSR count). The maximum absolute atomic E-state index is 13.1. The first-order chi connectivity index (χ1) is 14.3. The van der Waals surface area contributed by atoms with Crippen LogP contribution in [0.1, 0.15) is 44.1 Å². The fourth-order valence-electron chi connectivity index (χ4n) is 4.46. The Labute approximate surface area is 172 Å². The van der Waals surface area contributed by atoms with Crippen LogP contribution < -0.4 is 5.73 Å². The van der Waals surface area contributed by atoms with Gasteiger partial charge in [0.05, 0.1) is 12.1 Å². The molecule has 1 aromatic carbocycles.